The maximum Gasteiger partial charge on any atom is 0.238 e. The number of likely N-dealkylation sites (tertiary alicyclic amines) is 1. The van der Waals surface area contributed by atoms with Gasteiger partial charge in [0.25, 0.3) is 0 Å². The second kappa shape index (κ2) is 15.3. The lowest BCUT2D eigenvalue weighted by Crippen LogP contribution is -2.64. The minimum absolute atomic E-state index is 0.00189. The summed E-state index contributed by atoms with van der Waals surface area (Å²) in [7, 11) is 0. The monoisotopic (exact) mass is 816 g/mol. The van der Waals surface area contributed by atoms with E-state index in [9.17, 15) is 15.3 Å². The summed E-state index contributed by atoms with van der Waals surface area (Å²) in [4.78, 5) is 37.8. The summed E-state index contributed by atoms with van der Waals surface area (Å²) in [6.07, 6.45) is -0.942. The molecule has 1 aliphatic carbocycles. The number of benzene rings is 3. The van der Waals surface area contributed by atoms with E-state index in [-0.39, 0.29) is 40.0 Å². The van der Waals surface area contributed by atoms with E-state index in [4.69, 9.17) is 27.9 Å². The van der Waals surface area contributed by atoms with E-state index in [1.165, 1.54) is 6.07 Å². The Labute approximate surface area is 341 Å². The van der Waals surface area contributed by atoms with Gasteiger partial charge in [0.2, 0.25) is 11.8 Å². The van der Waals surface area contributed by atoms with Gasteiger partial charge in [-0.05, 0) is 66.3 Å². The fourth-order valence-corrected chi connectivity index (χ4v) is 10.7. The normalized spacial score (nSPS) is 28.8. The molecule has 8 rings (SSSR count). The van der Waals surface area contributed by atoms with Crippen LogP contribution in [0.3, 0.4) is 0 Å². The van der Waals surface area contributed by atoms with Crippen molar-refractivity contribution in [3.63, 3.8) is 0 Å². The van der Waals surface area contributed by atoms with E-state index >= 15 is 14.0 Å². The Morgan fingerprint density at radius 2 is 1.65 bits per heavy atom. The minimum Gasteiger partial charge on any atom is -0.394 e. The van der Waals surface area contributed by atoms with E-state index in [1.54, 1.807) is 24.3 Å². The second-order valence-electron chi connectivity index (χ2n) is 16.7. The molecule has 57 heavy (non-hydrogen) atoms. The van der Waals surface area contributed by atoms with Crippen LogP contribution in [0.4, 0.5) is 10.2 Å². The highest BCUT2D eigenvalue weighted by Gasteiger charge is 2.77. The Bertz CT molecular complexity index is 2140. The largest absolute Gasteiger partial charge is 0.394 e. The van der Waals surface area contributed by atoms with Crippen LogP contribution in [-0.2, 0) is 19.7 Å². The Morgan fingerprint density at radius 3 is 2.30 bits per heavy atom. The van der Waals surface area contributed by atoms with Gasteiger partial charge in [0.05, 0.1) is 48.6 Å². The van der Waals surface area contributed by atoms with Crippen LogP contribution in [0, 0.1) is 11.2 Å². The van der Waals surface area contributed by atoms with Crippen molar-refractivity contribution in [2.24, 2.45) is 5.41 Å². The van der Waals surface area contributed by atoms with Crippen LogP contribution in [0.5, 0.6) is 0 Å². The lowest BCUT2D eigenvalue weighted by atomic mass is 9.53. The number of carbonyl (C=O) groups excluding carboxylic acids is 2. The molecule has 8 atom stereocenters. The molecule has 2 saturated heterocycles. The van der Waals surface area contributed by atoms with Crippen molar-refractivity contribution >= 4 is 40.8 Å². The smallest absolute Gasteiger partial charge is 0.238 e. The zero-order valence-corrected chi connectivity index (χ0v) is 33.3. The summed E-state index contributed by atoms with van der Waals surface area (Å²) in [5.41, 5.74) is -1.24. The van der Waals surface area contributed by atoms with Gasteiger partial charge in [0.1, 0.15) is 28.3 Å². The van der Waals surface area contributed by atoms with Crippen molar-refractivity contribution in [3.05, 3.63) is 129 Å². The number of pyridine rings is 1. The highest BCUT2D eigenvalue weighted by Crippen LogP contribution is 2.69. The molecule has 1 aromatic heterocycles. The Kier molecular flexibility index (Phi) is 10.7. The topological polar surface area (TPSA) is 144 Å². The van der Waals surface area contributed by atoms with Gasteiger partial charge in [-0.2, -0.15) is 0 Å². The quantitative estimate of drug-likeness (QED) is 0.125. The lowest BCUT2D eigenvalue weighted by molar-refractivity contribution is -0.140. The number of nitrogens with one attached hydrogen (secondary N) is 2. The first kappa shape index (κ1) is 39.9. The van der Waals surface area contributed by atoms with Gasteiger partial charge in [0.15, 0.2) is 0 Å². The molecule has 4 aromatic rings. The summed E-state index contributed by atoms with van der Waals surface area (Å²) >= 11 is 13.1. The summed E-state index contributed by atoms with van der Waals surface area (Å²) < 4.78 is 22.8. The Balaban J connectivity index is 1.45. The number of hydrogen-bond donors (Lipinski definition) is 5. The van der Waals surface area contributed by atoms with Crippen LogP contribution in [0.15, 0.2) is 91.0 Å². The molecule has 3 aliphatic heterocycles. The fourth-order valence-electron chi connectivity index (χ4n) is 10.4. The third-order valence-corrected chi connectivity index (χ3v) is 13.6. The van der Waals surface area contributed by atoms with Crippen LogP contribution in [0.1, 0.15) is 86.3 Å². The van der Waals surface area contributed by atoms with Crippen LogP contribution in [-0.4, -0.2) is 80.1 Å². The summed E-state index contributed by atoms with van der Waals surface area (Å²) in [6.45, 7) is 3.96. The van der Waals surface area contributed by atoms with Crippen LogP contribution in [0.25, 0.3) is 0 Å². The lowest BCUT2D eigenvalue weighted by Gasteiger charge is -2.56. The van der Waals surface area contributed by atoms with Crippen molar-refractivity contribution in [3.8, 4) is 0 Å². The average Bonchev–Trinajstić information content (AvgIpc) is 3.63. The van der Waals surface area contributed by atoms with E-state index in [1.807, 2.05) is 65.6 Å². The highest BCUT2D eigenvalue weighted by molar-refractivity contribution is 6.31. The number of aliphatic hydroxyl groups is 3. The summed E-state index contributed by atoms with van der Waals surface area (Å²) in [5.74, 6) is -2.77. The minimum atomic E-state index is -1.67. The molecule has 1 saturated carbocycles. The molecule has 2 amide bonds. The second-order valence-corrected chi connectivity index (χ2v) is 17.5. The number of ether oxygens (including phenoxy) is 1. The summed E-state index contributed by atoms with van der Waals surface area (Å²) in [5, 5.41) is 39.6. The molecule has 3 fully saturated rings. The number of halogens is 3. The third-order valence-electron chi connectivity index (χ3n) is 13.1. The maximum absolute atomic E-state index is 17.1. The van der Waals surface area contributed by atoms with Crippen molar-refractivity contribution in [1.82, 2.24) is 15.2 Å². The fraction of sp³-hybridized carbons (Fsp3) is 0.432. The summed E-state index contributed by atoms with van der Waals surface area (Å²) in [6, 6.07) is 23.6. The molecular formula is C44H47Cl2FN4O6. The molecule has 10 nitrogen and oxygen atoms in total. The van der Waals surface area contributed by atoms with Crippen molar-refractivity contribution in [1.29, 1.82) is 0 Å². The number of amides is 2. The van der Waals surface area contributed by atoms with E-state index < -0.39 is 77.5 Å². The van der Waals surface area contributed by atoms with E-state index in [2.05, 4.69) is 29.5 Å². The number of nitrogens with zero attached hydrogens (tertiary/aromatic N) is 2. The van der Waals surface area contributed by atoms with Crippen molar-refractivity contribution in [2.75, 3.05) is 18.5 Å². The average molecular weight is 818 g/mol. The van der Waals surface area contributed by atoms with Crippen LogP contribution in [0.2, 0.25) is 10.2 Å². The first-order valence-corrected chi connectivity index (χ1v) is 20.3. The molecule has 300 valence electrons. The molecule has 3 aromatic carbocycles. The third kappa shape index (κ3) is 6.56. The van der Waals surface area contributed by atoms with Gasteiger partial charge in [-0.25, -0.2) is 9.37 Å². The predicted molar refractivity (Wildman–Crippen MR) is 214 cm³/mol. The van der Waals surface area contributed by atoms with Gasteiger partial charge < -0.3 is 30.7 Å². The maximum atomic E-state index is 17.1. The van der Waals surface area contributed by atoms with Gasteiger partial charge in [-0.1, -0.05) is 116 Å². The first-order valence-electron chi connectivity index (χ1n) is 19.5. The number of aromatic nitrogens is 1. The SMILES string of the molecule is CC1(C)CCC2(CC1)N([C@H](c1ccccc1)[C@@H](O)c1ccccc1)[C@@H](C(=O)NC1CO[C@H](CO)C(O)C1)[C@H](c1cccc(Cl)c1F)C21C(=O)Nc2nc(Cl)ccc21. The number of fused-ring (bicyclic) bond motifs is 3. The van der Waals surface area contributed by atoms with Crippen LogP contribution < -0.4 is 10.6 Å². The number of anilines is 1. The first-order chi connectivity index (χ1) is 27.3. The zero-order chi connectivity index (χ0) is 40.3. The Hall–Kier alpha value is -3.94. The van der Waals surface area contributed by atoms with E-state index in [0.717, 1.165) is 0 Å². The van der Waals surface area contributed by atoms with Gasteiger partial charge in [-0.15, -0.1) is 0 Å². The molecule has 4 heterocycles. The van der Waals surface area contributed by atoms with E-state index in [0.29, 0.717) is 42.4 Å². The molecule has 0 bridgehead atoms. The van der Waals surface area contributed by atoms with Crippen molar-refractivity contribution in [2.45, 2.75) is 99.3 Å². The molecule has 13 heteroatoms. The molecule has 2 spiro atoms. The molecule has 3 unspecified atom stereocenters. The standard InChI is InChI=1S/C44H47Cl2FN4O6/c1-42(2)18-20-43(21-19-42)44(29-16-17-33(46)49-39(29)50-41(44)56)34(28-14-9-15-30(45)35(28)47)37(40(55)48-27-22-31(53)32(23-52)57-24-27)51(43)36(25-10-5-3-6-11-25)38(54)26-12-7-4-8-13-26/h3-17,27,31-32,34,36-38,52-54H,18-24H2,1-2H3,(H,48,55)(H,49,50,56)/t27?,31?,32-,34+,36-,37-,38+,44?/m1/s1. The number of hydrogen-bond acceptors (Lipinski definition) is 8. The molecular weight excluding hydrogens is 770 g/mol. The Morgan fingerprint density at radius 1 is 0.982 bits per heavy atom. The van der Waals surface area contributed by atoms with Crippen molar-refractivity contribution < 1.29 is 34.0 Å². The van der Waals surface area contributed by atoms with Gasteiger partial charge >= 0.3 is 0 Å². The number of rotatable bonds is 8. The molecule has 0 radical (unpaired) electrons. The van der Waals surface area contributed by atoms with Crippen LogP contribution >= 0.6 is 23.2 Å². The highest BCUT2D eigenvalue weighted by atomic mass is 35.5. The number of aliphatic hydroxyl groups excluding tert-OH is 3. The zero-order valence-electron chi connectivity index (χ0n) is 31.7. The van der Waals surface area contributed by atoms with Gasteiger partial charge in [0, 0.05) is 17.0 Å². The predicted octanol–water partition coefficient (Wildman–Crippen LogP) is 6.63. The number of carbonyl (C=O) groups is 2. The molecule has 4 aliphatic rings. The molecule has 5 N–H and O–H groups in total. The van der Waals surface area contributed by atoms with Gasteiger partial charge in [-0.3, -0.25) is 14.5 Å².